The number of rotatable bonds is 4. The topological polar surface area (TPSA) is 35.2 Å². The highest BCUT2D eigenvalue weighted by molar-refractivity contribution is 5.44. The summed E-state index contributed by atoms with van der Waals surface area (Å²) >= 11 is 0. The SMILES string of the molecule is Cc1ccc(OC(C)C)c(C2(CN)CCC2)c1. The first-order valence-electron chi connectivity index (χ1n) is 6.55. The Kier molecular flexibility index (Phi) is 3.43. The Labute approximate surface area is 104 Å². The molecule has 2 nitrogen and oxygen atoms in total. The van der Waals surface area contributed by atoms with E-state index < -0.39 is 0 Å². The van der Waals surface area contributed by atoms with Gasteiger partial charge in [0.25, 0.3) is 0 Å². The molecule has 2 rings (SSSR count). The van der Waals surface area contributed by atoms with Crippen molar-refractivity contribution >= 4 is 0 Å². The summed E-state index contributed by atoms with van der Waals surface area (Å²) in [6.07, 6.45) is 3.89. The number of hydrogen-bond acceptors (Lipinski definition) is 2. The third-order valence-electron chi connectivity index (χ3n) is 3.77. The molecule has 2 heteroatoms. The minimum Gasteiger partial charge on any atom is -0.491 e. The van der Waals surface area contributed by atoms with Crippen molar-refractivity contribution in [3.8, 4) is 5.75 Å². The molecule has 0 radical (unpaired) electrons. The van der Waals surface area contributed by atoms with E-state index in [-0.39, 0.29) is 11.5 Å². The molecule has 0 spiro atoms. The smallest absolute Gasteiger partial charge is 0.123 e. The van der Waals surface area contributed by atoms with E-state index in [2.05, 4.69) is 39.0 Å². The Bertz CT molecular complexity index is 388. The van der Waals surface area contributed by atoms with Crippen LogP contribution < -0.4 is 10.5 Å². The second-order valence-corrected chi connectivity index (χ2v) is 5.50. The van der Waals surface area contributed by atoms with Gasteiger partial charge in [0.05, 0.1) is 6.10 Å². The second-order valence-electron chi connectivity index (χ2n) is 5.50. The molecule has 1 fully saturated rings. The Morgan fingerprint density at radius 3 is 2.53 bits per heavy atom. The van der Waals surface area contributed by atoms with Gasteiger partial charge in [0, 0.05) is 17.5 Å². The number of ether oxygens (including phenoxy) is 1. The van der Waals surface area contributed by atoms with E-state index in [1.54, 1.807) is 0 Å². The molecule has 2 N–H and O–H groups in total. The first-order chi connectivity index (χ1) is 8.07. The monoisotopic (exact) mass is 233 g/mol. The summed E-state index contributed by atoms with van der Waals surface area (Å²) in [7, 11) is 0. The average molecular weight is 233 g/mol. The van der Waals surface area contributed by atoms with Crippen LogP contribution in [0.4, 0.5) is 0 Å². The first kappa shape index (κ1) is 12.4. The highest BCUT2D eigenvalue weighted by Crippen LogP contribution is 2.46. The Morgan fingerprint density at radius 1 is 1.35 bits per heavy atom. The highest BCUT2D eigenvalue weighted by atomic mass is 16.5. The van der Waals surface area contributed by atoms with E-state index in [9.17, 15) is 0 Å². The lowest BCUT2D eigenvalue weighted by Crippen LogP contribution is -2.42. The number of aryl methyl sites for hydroxylation is 1. The van der Waals surface area contributed by atoms with Crippen molar-refractivity contribution in [2.45, 2.75) is 51.6 Å². The fraction of sp³-hybridized carbons (Fsp3) is 0.600. The number of nitrogens with two attached hydrogens (primary N) is 1. The van der Waals surface area contributed by atoms with E-state index in [1.165, 1.54) is 30.4 Å². The molecular formula is C15H23NO. The molecule has 0 bridgehead atoms. The number of hydrogen-bond donors (Lipinski definition) is 1. The van der Waals surface area contributed by atoms with Crippen LogP contribution in [-0.4, -0.2) is 12.6 Å². The lowest BCUT2D eigenvalue weighted by atomic mass is 9.64. The third kappa shape index (κ3) is 2.32. The maximum absolute atomic E-state index is 6.00. The van der Waals surface area contributed by atoms with Gasteiger partial charge in [0.2, 0.25) is 0 Å². The van der Waals surface area contributed by atoms with Crippen LogP contribution in [0.15, 0.2) is 18.2 Å². The van der Waals surface area contributed by atoms with Gasteiger partial charge >= 0.3 is 0 Å². The van der Waals surface area contributed by atoms with Crippen LogP contribution in [-0.2, 0) is 5.41 Å². The largest absolute Gasteiger partial charge is 0.491 e. The predicted octanol–water partition coefficient (Wildman–Crippen LogP) is 3.16. The molecule has 0 saturated heterocycles. The Morgan fingerprint density at radius 2 is 2.06 bits per heavy atom. The maximum atomic E-state index is 6.00. The summed E-state index contributed by atoms with van der Waals surface area (Å²) in [6.45, 7) is 7.00. The summed E-state index contributed by atoms with van der Waals surface area (Å²) in [5.74, 6) is 1.02. The minimum absolute atomic E-state index is 0.177. The Balaban J connectivity index is 2.39. The molecule has 1 aromatic rings. The lowest BCUT2D eigenvalue weighted by molar-refractivity contribution is 0.210. The zero-order chi connectivity index (χ0) is 12.5. The fourth-order valence-corrected chi connectivity index (χ4v) is 2.60. The second kappa shape index (κ2) is 4.69. The van der Waals surface area contributed by atoms with E-state index in [1.807, 2.05) is 0 Å². The molecule has 0 amide bonds. The van der Waals surface area contributed by atoms with Crippen LogP contribution in [0.25, 0.3) is 0 Å². The van der Waals surface area contributed by atoms with Crippen LogP contribution >= 0.6 is 0 Å². The zero-order valence-corrected chi connectivity index (χ0v) is 11.1. The van der Waals surface area contributed by atoms with Crippen LogP contribution in [0.1, 0.15) is 44.2 Å². The van der Waals surface area contributed by atoms with Crippen molar-refractivity contribution < 1.29 is 4.74 Å². The van der Waals surface area contributed by atoms with E-state index in [0.29, 0.717) is 0 Å². The molecule has 0 atom stereocenters. The zero-order valence-electron chi connectivity index (χ0n) is 11.1. The summed E-state index contributed by atoms with van der Waals surface area (Å²) in [5, 5.41) is 0. The molecule has 1 aromatic carbocycles. The molecule has 1 aliphatic carbocycles. The Hall–Kier alpha value is -1.02. The van der Waals surface area contributed by atoms with E-state index >= 15 is 0 Å². The van der Waals surface area contributed by atoms with Gasteiger partial charge in [-0.3, -0.25) is 0 Å². The standard InChI is InChI=1S/C15H23NO/c1-11(2)17-14-6-5-12(3)9-13(14)15(10-16)7-4-8-15/h5-6,9,11H,4,7-8,10,16H2,1-3H3. The quantitative estimate of drug-likeness (QED) is 0.867. The molecule has 1 aliphatic rings. The first-order valence-corrected chi connectivity index (χ1v) is 6.55. The van der Waals surface area contributed by atoms with E-state index in [0.717, 1.165) is 12.3 Å². The average Bonchev–Trinajstić information content (AvgIpc) is 2.20. The van der Waals surface area contributed by atoms with Crippen LogP contribution in [0.5, 0.6) is 5.75 Å². The van der Waals surface area contributed by atoms with Crippen molar-refractivity contribution in [3.05, 3.63) is 29.3 Å². The van der Waals surface area contributed by atoms with E-state index in [4.69, 9.17) is 10.5 Å². The van der Waals surface area contributed by atoms with Crippen molar-refractivity contribution in [1.29, 1.82) is 0 Å². The highest BCUT2D eigenvalue weighted by Gasteiger charge is 2.39. The van der Waals surface area contributed by atoms with Crippen LogP contribution in [0, 0.1) is 6.92 Å². The van der Waals surface area contributed by atoms with Crippen molar-refractivity contribution in [2.75, 3.05) is 6.54 Å². The van der Waals surface area contributed by atoms with Gasteiger partial charge in [0.15, 0.2) is 0 Å². The van der Waals surface area contributed by atoms with Crippen molar-refractivity contribution in [2.24, 2.45) is 5.73 Å². The summed E-state index contributed by atoms with van der Waals surface area (Å²) in [4.78, 5) is 0. The summed E-state index contributed by atoms with van der Waals surface area (Å²) in [6, 6.07) is 6.47. The molecule has 0 heterocycles. The molecule has 0 aromatic heterocycles. The van der Waals surface area contributed by atoms with Gasteiger partial charge in [-0.15, -0.1) is 0 Å². The lowest BCUT2D eigenvalue weighted by Gasteiger charge is -2.42. The predicted molar refractivity (Wildman–Crippen MR) is 71.5 cm³/mol. The number of benzene rings is 1. The van der Waals surface area contributed by atoms with Crippen LogP contribution in [0.3, 0.4) is 0 Å². The molecule has 1 saturated carbocycles. The fourth-order valence-electron chi connectivity index (χ4n) is 2.60. The molecule has 0 unspecified atom stereocenters. The minimum atomic E-state index is 0.177. The normalized spacial score (nSPS) is 17.9. The molecule has 94 valence electrons. The third-order valence-corrected chi connectivity index (χ3v) is 3.77. The molecule has 0 aliphatic heterocycles. The van der Waals surface area contributed by atoms with Gasteiger partial charge in [-0.2, -0.15) is 0 Å². The van der Waals surface area contributed by atoms with Crippen molar-refractivity contribution in [3.63, 3.8) is 0 Å². The van der Waals surface area contributed by atoms with Crippen LogP contribution in [0.2, 0.25) is 0 Å². The van der Waals surface area contributed by atoms with Gasteiger partial charge in [-0.25, -0.2) is 0 Å². The summed E-state index contributed by atoms with van der Waals surface area (Å²) < 4.78 is 5.93. The van der Waals surface area contributed by atoms with Gasteiger partial charge in [-0.05, 0) is 39.7 Å². The summed E-state index contributed by atoms with van der Waals surface area (Å²) in [5.41, 5.74) is 8.78. The molecule has 17 heavy (non-hydrogen) atoms. The van der Waals surface area contributed by atoms with Gasteiger partial charge in [0.1, 0.15) is 5.75 Å². The van der Waals surface area contributed by atoms with Gasteiger partial charge < -0.3 is 10.5 Å². The van der Waals surface area contributed by atoms with Gasteiger partial charge in [-0.1, -0.05) is 24.1 Å². The maximum Gasteiger partial charge on any atom is 0.123 e. The van der Waals surface area contributed by atoms with Crippen molar-refractivity contribution in [1.82, 2.24) is 0 Å². The molecular weight excluding hydrogens is 210 g/mol.